The number of amides is 1. The Morgan fingerprint density at radius 3 is 2.95 bits per heavy atom. The molecule has 0 radical (unpaired) electrons. The highest BCUT2D eigenvalue weighted by atomic mass is 16.1. The summed E-state index contributed by atoms with van der Waals surface area (Å²) in [4.78, 5) is 12.2. The highest BCUT2D eigenvalue weighted by Gasteiger charge is 2.27. The van der Waals surface area contributed by atoms with Crippen molar-refractivity contribution >= 4 is 11.6 Å². The van der Waals surface area contributed by atoms with Gasteiger partial charge >= 0.3 is 0 Å². The number of unbranched alkanes of at least 4 members (excludes halogenated alkanes) is 1. The van der Waals surface area contributed by atoms with Gasteiger partial charge in [-0.2, -0.15) is 0 Å². The number of fused-ring (bicyclic) bond motifs is 1. The molecule has 1 heterocycles. The first kappa shape index (κ1) is 13.9. The number of para-hydroxylation sites is 1. The van der Waals surface area contributed by atoms with Crippen molar-refractivity contribution < 1.29 is 4.79 Å². The van der Waals surface area contributed by atoms with Gasteiger partial charge in [0.05, 0.1) is 5.92 Å². The first-order valence-electron chi connectivity index (χ1n) is 7.29. The van der Waals surface area contributed by atoms with Gasteiger partial charge in [-0.25, -0.2) is 0 Å². The fraction of sp³-hybridized carbons (Fsp3) is 0.562. The number of rotatable bonds is 6. The number of carbonyl (C=O) groups excluding carboxylic acids is 1. The van der Waals surface area contributed by atoms with Crippen molar-refractivity contribution in [3.8, 4) is 0 Å². The third-order valence-corrected chi connectivity index (χ3v) is 3.66. The first-order valence-corrected chi connectivity index (χ1v) is 7.29. The average Bonchev–Trinajstić information content (AvgIpc) is 2.81. The van der Waals surface area contributed by atoms with E-state index in [9.17, 15) is 4.79 Å². The van der Waals surface area contributed by atoms with Gasteiger partial charge in [0.2, 0.25) is 5.91 Å². The van der Waals surface area contributed by atoms with Crippen LogP contribution in [-0.4, -0.2) is 19.0 Å². The van der Waals surface area contributed by atoms with Crippen LogP contribution in [-0.2, 0) is 4.79 Å². The number of benzene rings is 1. The molecule has 0 fully saturated rings. The van der Waals surface area contributed by atoms with E-state index in [1.165, 1.54) is 12.8 Å². The molecule has 3 nitrogen and oxygen atoms in total. The van der Waals surface area contributed by atoms with Crippen LogP contribution in [0.2, 0.25) is 0 Å². The summed E-state index contributed by atoms with van der Waals surface area (Å²) < 4.78 is 0. The Morgan fingerprint density at radius 2 is 2.16 bits per heavy atom. The molecule has 0 aromatic heterocycles. The number of hydrogen-bond acceptors (Lipinski definition) is 2. The Hall–Kier alpha value is -1.51. The Kier molecular flexibility index (Phi) is 4.83. The molecule has 2 N–H and O–H groups in total. The van der Waals surface area contributed by atoms with Gasteiger partial charge in [0.1, 0.15) is 0 Å². The zero-order chi connectivity index (χ0) is 13.7. The van der Waals surface area contributed by atoms with Crippen LogP contribution in [0.15, 0.2) is 24.3 Å². The highest BCUT2D eigenvalue weighted by Crippen LogP contribution is 2.30. The average molecular weight is 260 g/mol. The van der Waals surface area contributed by atoms with Gasteiger partial charge in [0.25, 0.3) is 0 Å². The molecule has 2 rings (SSSR count). The zero-order valence-electron chi connectivity index (χ0n) is 11.9. The van der Waals surface area contributed by atoms with E-state index in [2.05, 4.69) is 24.5 Å². The molecule has 1 aromatic carbocycles. The first-order chi connectivity index (χ1) is 9.18. The van der Waals surface area contributed by atoms with Crippen LogP contribution in [0.4, 0.5) is 5.69 Å². The van der Waals surface area contributed by atoms with Crippen molar-refractivity contribution in [2.45, 2.75) is 39.0 Å². The fourth-order valence-corrected chi connectivity index (χ4v) is 2.53. The lowest BCUT2D eigenvalue weighted by Gasteiger charge is -2.11. The van der Waals surface area contributed by atoms with Crippen molar-refractivity contribution in [2.24, 2.45) is 5.92 Å². The van der Waals surface area contributed by atoms with E-state index in [-0.39, 0.29) is 11.8 Å². The smallest absolute Gasteiger partial charge is 0.229 e. The van der Waals surface area contributed by atoms with Crippen LogP contribution in [0.5, 0.6) is 0 Å². The summed E-state index contributed by atoms with van der Waals surface area (Å²) in [7, 11) is 0. The van der Waals surface area contributed by atoms with Crippen LogP contribution in [0.3, 0.4) is 0 Å². The van der Waals surface area contributed by atoms with E-state index < -0.39 is 0 Å². The quantitative estimate of drug-likeness (QED) is 0.772. The second-order valence-corrected chi connectivity index (χ2v) is 5.70. The molecular formula is C16H24N2O. The largest absolute Gasteiger partial charge is 0.384 e. The van der Waals surface area contributed by atoms with Crippen LogP contribution >= 0.6 is 0 Å². The van der Waals surface area contributed by atoms with E-state index in [1.54, 1.807) is 0 Å². The zero-order valence-corrected chi connectivity index (χ0v) is 11.9. The van der Waals surface area contributed by atoms with E-state index in [1.807, 2.05) is 24.3 Å². The summed E-state index contributed by atoms with van der Waals surface area (Å²) in [5.41, 5.74) is 2.23. The molecule has 1 unspecified atom stereocenters. The second kappa shape index (κ2) is 6.60. The number of hydrogen-bond donors (Lipinski definition) is 2. The molecule has 0 saturated carbocycles. The summed E-state index contributed by atoms with van der Waals surface area (Å²) in [6.07, 6.45) is 3.51. The van der Waals surface area contributed by atoms with Gasteiger partial charge in [0, 0.05) is 18.8 Å². The number of anilines is 1. The monoisotopic (exact) mass is 260 g/mol. The third kappa shape index (κ3) is 3.72. The molecule has 1 aromatic rings. The summed E-state index contributed by atoms with van der Waals surface area (Å²) in [6.45, 7) is 5.99. The SMILES string of the molecule is CC(C)CCCCNC(=O)C1CNc2ccccc21. The topological polar surface area (TPSA) is 41.1 Å². The molecule has 104 valence electrons. The van der Waals surface area contributed by atoms with Gasteiger partial charge in [-0.3, -0.25) is 4.79 Å². The minimum atomic E-state index is -0.0266. The van der Waals surface area contributed by atoms with Gasteiger partial charge in [-0.15, -0.1) is 0 Å². The molecule has 1 aliphatic heterocycles. The Labute approximate surface area is 115 Å². The summed E-state index contributed by atoms with van der Waals surface area (Å²) in [5.74, 6) is 0.880. The molecule has 1 aliphatic rings. The molecular weight excluding hydrogens is 236 g/mol. The molecule has 0 saturated heterocycles. The third-order valence-electron chi connectivity index (χ3n) is 3.66. The van der Waals surface area contributed by atoms with Crippen molar-refractivity contribution in [3.63, 3.8) is 0 Å². The van der Waals surface area contributed by atoms with Crippen molar-refractivity contribution in [1.29, 1.82) is 0 Å². The van der Waals surface area contributed by atoms with Crippen molar-refractivity contribution in [3.05, 3.63) is 29.8 Å². The highest BCUT2D eigenvalue weighted by molar-refractivity contribution is 5.88. The summed E-state index contributed by atoms with van der Waals surface area (Å²) in [5, 5.41) is 6.35. The normalized spacial score (nSPS) is 17.1. The van der Waals surface area contributed by atoms with E-state index in [0.717, 1.165) is 36.7 Å². The lowest BCUT2D eigenvalue weighted by Crippen LogP contribution is -2.31. The molecule has 0 spiro atoms. The Balaban J connectivity index is 1.76. The molecule has 0 aliphatic carbocycles. The maximum absolute atomic E-state index is 12.2. The Morgan fingerprint density at radius 1 is 1.37 bits per heavy atom. The van der Waals surface area contributed by atoms with Gasteiger partial charge < -0.3 is 10.6 Å². The van der Waals surface area contributed by atoms with Gasteiger partial charge in [-0.1, -0.05) is 44.9 Å². The van der Waals surface area contributed by atoms with Gasteiger partial charge in [-0.05, 0) is 24.0 Å². The number of nitrogens with one attached hydrogen (secondary N) is 2. The molecule has 19 heavy (non-hydrogen) atoms. The fourth-order valence-electron chi connectivity index (χ4n) is 2.53. The van der Waals surface area contributed by atoms with E-state index >= 15 is 0 Å². The number of carbonyl (C=O) groups is 1. The molecule has 3 heteroatoms. The van der Waals surface area contributed by atoms with Crippen molar-refractivity contribution in [2.75, 3.05) is 18.4 Å². The maximum atomic E-state index is 12.2. The summed E-state index contributed by atoms with van der Waals surface area (Å²) in [6, 6.07) is 8.07. The van der Waals surface area contributed by atoms with Crippen LogP contribution in [0.1, 0.15) is 44.6 Å². The van der Waals surface area contributed by atoms with Gasteiger partial charge in [0.15, 0.2) is 0 Å². The summed E-state index contributed by atoms with van der Waals surface area (Å²) >= 11 is 0. The molecule has 1 amide bonds. The maximum Gasteiger partial charge on any atom is 0.229 e. The minimum absolute atomic E-state index is 0.0266. The lowest BCUT2D eigenvalue weighted by molar-refractivity contribution is -0.122. The van der Waals surface area contributed by atoms with Crippen LogP contribution in [0, 0.1) is 5.92 Å². The predicted octanol–water partition coefficient (Wildman–Crippen LogP) is 3.14. The standard InChI is InChI=1S/C16H24N2O/c1-12(2)7-5-6-10-17-16(19)14-11-18-15-9-4-3-8-13(14)15/h3-4,8-9,12,14,18H,5-7,10-11H2,1-2H3,(H,17,19). The van der Waals surface area contributed by atoms with Crippen molar-refractivity contribution in [1.82, 2.24) is 5.32 Å². The lowest BCUT2D eigenvalue weighted by atomic mass is 10.0. The van der Waals surface area contributed by atoms with E-state index in [0.29, 0.717) is 0 Å². The van der Waals surface area contributed by atoms with E-state index in [4.69, 9.17) is 0 Å². The molecule has 1 atom stereocenters. The second-order valence-electron chi connectivity index (χ2n) is 5.70. The molecule has 0 bridgehead atoms. The van der Waals surface area contributed by atoms with Crippen LogP contribution in [0.25, 0.3) is 0 Å². The Bertz CT molecular complexity index is 429. The van der Waals surface area contributed by atoms with Crippen LogP contribution < -0.4 is 10.6 Å². The minimum Gasteiger partial charge on any atom is -0.384 e. The predicted molar refractivity (Wildman–Crippen MR) is 79.4 cm³/mol.